The van der Waals surface area contributed by atoms with Crippen LogP contribution in [-0.2, 0) is 0 Å². The van der Waals surface area contributed by atoms with E-state index in [9.17, 15) is 4.79 Å². The van der Waals surface area contributed by atoms with Gasteiger partial charge in [0.1, 0.15) is 0 Å². The summed E-state index contributed by atoms with van der Waals surface area (Å²) in [6.07, 6.45) is 13.8. The number of aryl methyl sites for hydroxylation is 1. The molecule has 0 unspecified atom stereocenters. The van der Waals surface area contributed by atoms with Gasteiger partial charge in [0.15, 0.2) is 0 Å². The maximum atomic E-state index is 12.4. The zero-order valence-electron chi connectivity index (χ0n) is 14.1. The highest BCUT2D eigenvalue weighted by Crippen LogP contribution is 2.21. The maximum absolute atomic E-state index is 12.4. The second-order valence-corrected chi connectivity index (χ2v) is 6.98. The van der Waals surface area contributed by atoms with Crippen LogP contribution >= 0.6 is 0 Å². The number of carbonyl (C=O) groups excluding carboxylic acids is 1. The van der Waals surface area contributed by atoms with Crippen LogP contribution in [0, 0.1) is 6.92 Å². The van der Waals surface area contributed by atoms with Crippen LogP contribution in [0.15, 0.2) is 6.20 Å². The van der Waals surface area contributed by atoms with E-state index in [4.69, 9.17) is 0 Å². The molecule has 0 spiro atoms. The summed E-state index contributed by atoms with van der Waals surface area (Å²) >= 11 is 0. The van der Waals surface area contributed by atoms with Gasteiger partial charge in [0.25, 0.3) is 5.91 Å². The van der Waals surface area contributed by atoms with Crippen molar-refractivity contribution in [1.29, 1.82) is 0 Å². The average Bonchev–Trinajstić information content (AvgIpc) is 2.57. The predicted molar refractivity (Wildman–Crippen MR) is 91.6 cm³/mol. The van der Waals surface area contributed by atoms with Crippen LogP contribution < -0.4 is 10.6 Å². The predicted octanol–water partition coefficient (Wildman–Crippen LogP) is 3.59. The molecule has 0 bridgehead atoms. The van der Waals surface area contributed by atoms with Gasteiger partial charge in [-0.15, -0.1) is 0 Å². The van der Waals surface area contributed by atoms with Crippen molar-refractivity contribution in [3.05, 3.63) is 17.5 Å². The minimum atomic E-state index is -0.0291. The molecule has 1 aromatic heterocycles. The number of aromatic nitrogens is 2. The highest BCUT2D eigenvalue weighted by molar-refractivity contribution is 5.95. The number of carbonyl (C=O) groups is 1. The fourth-order valence-electron chi connectivity index (χ4n) is 3.70. The van der Waals surface area contributed by atoms with E-state index >= 15 is 0 Å². The zero-order valence-corrected chi connectivity index (χ0v) is 14.1. The van der Waals surface area contributed by atoms with E-state index in [0.717, 1.165) is 18.5 Å². The molecule has 0 aliphatic heterocycles. The summed E-state index contributed by atoms with van der Waals surface area (Å²) in [7, 11) is 0. The third-order valence-electron chi connectivity index (χ3n) is 5.10. The molecule has 3 rings (SSSR count). The van der Waals surface area contributed by atoms with Gasteiger partial charge in [-0.3, -0.25) is 4.79 Å². The third kappa shape index (κ3) is 4.43. The molecule has 1 amide bonds. The summed E-state index contributed by atoms with van der Waals surface area (Å²) < 4.78 is 0. The normalized spacial score (nSPS) is 20.2. The quantitative estimate of drug-likeness (QED) is 0.891. The molecule has 1 heterocycles. The number of hydrogen-bond acceptors (Lipinski definition) is 4. The molecule has 0 saturated heterocycles. The molecule has 2 N–H and O–H groups in total. The summed E-state index contributed by atoms with van der Waals surface area (Å²) in [5.74, 6) is 0.627. The molecular formula is C18H28N4O. The van der Waals surface area contributed by atoms with Crippen LogP contribution in [0.3, 0.4) is 0 Å². The van der Waals surface area contributed by atoms with Crippen molar-refractivity contribution in [2.45, 2.75) is 83.2 Å². The smallest absolute Gasteiger partial charge is 0.254 e. The Labute approximate surface area is 138 Å². The molecule has 2 fully saturated rings. The summed E-state index contributed by atoms with van der Waals surface area (Å²) in [4.78, 5) is 21.3. The highest BCUT2D eigenvalue weighted by atomic mass is 16.1. The SMILES string of the molecule is Cc1nc(NC2CCCCC2)ncc1C(=O)NC1CCCCC1. The van der Waals surface area contributed by atoms with E-state index in [-0.39, 0.29) is 5.91 Å². The largest absolute Gasteiger partial charge is 0.351 e. The second-order valence-electron chi connectivity index (χ2n) is 6.98. The Bertz CT molecular complexity index is 534. The van der Waals surface area contributed by atoms with E-state index in [0.29, 0.717) is 23.6 Å². The second kappa shape index (κ2) is 7.75. The first-order chi connectivity index (χ1) is 11.2. The van der Waals surface area contributed by atoms with Gasteiger partial charge in [0.2, 0.25) is 5.95 Å². The number of anilines is 1. The lowest BCUT2D eigenvalue weighted by Crippen LogP contribution is -2.36. The molecule has 2 aliphatic carbocycles. The van der Waals surface area contributed by atoms with Crippen LogP contribution in [0.25, 0.3) is 0 Å². The Balaban J connectivity index is 1.60. The Morgan fingerprint density at radius 1 is 1.00 bits per heavy atom. The van der Waals surface area contributed by atoms with Crippen LogP contribution in [0.5, 0.6) is 0 Å². The van der Waals surface area contributed by atoms with Gasteiger partial charge in [0, 0.05) is 18.3 Å². The summed E-state index contributed by atoms with van der Waals surface area (Å²) in [6, 6.07) is 0.792. The number of nitrogens with zero attached hydrogens (tertiary/aromatic N) is 2. The molecule has 0 radical (unpaired) electrons. The van der Waals surface area contributed by atoms with Crippen LogP contribution in [0.2, 0.25) is 0 Å². The number of amides is 1. The fraction of sp³-hybridized carbons (Fsp3) is 0.722. The van der Waals surface area contributed by atoms with Gasteiger partial charge in [-0.05, 0) is 32.6 Å². The summed E-state index contributed by atoms with van der Waals surface area (Å²) in [6.45, 7) is 1.89. The van der Waals surface area contributed by atoms with Gasteiger partial charge >= 0.3 is 0 Å². The Morgan fingerprint density at radius 3 is 2.22 bits per heavy atom. The lowest BCUT2D eigenvalue weighted by molar-refractivity contribution is 0.0926. The summed E-state index contributed by atoms with van der Waals surface area (Å²) in [5.41, 5.74) is 1.36. The monoisotopic (exact) mass is 316 g/mol. The van der Waals surface area contributed by atoms with Crippen molar-refractivity contribution >= 4 is 11.9 Å². The third-order valence-corrected chi connectivity index (χ3v) is 5.10. The fourth-order valence-corrected chi connectivity index (χ4v) is 3.70. The lowest BCUT2D eigenvalue weighted by atomic mass is 9.95. The molecule has 2 saturated carbocycles. The molecule has 126 valence electrons. The molecule has 5 nitrogen and oxygen atoms in total. The standard InChI is InChI=1S/C18H28N4O/c1-13-16(17(23)21-14-8-4-2-5-9-14)12-19-18(20-13)22-15-10-6-3-7-11-15/h12,14-15H,2-11H2,1H3,(H,21,23)(H,19,20,22). The van der Waals surface area contributed by atoms with Gasteiger partial charge in [-0.1, -0.05) is 38.5 Å². The first kappa shape index (κ1) is 16.2. The number of nitrogens with one attached hydrogen (secondary N) is 2. The topological polar surface area (TPSA) is 66.9 Å². The molecule has 0 atom stereocenters. The van der Waals surface area contributed by atoms with E-state index in [1.807, 2.05) is 6.92 Å². The Kier molecular flexibility index (Phi) is 5.47. The van der Waals surface area contributed by atoms with Gasteiger partial charge in [0.05, 0.1) is 11.3 Å². The van der Waals surface area contributed by atoms with E-state index in [1.54, 1.807) is 6.20 Å². The number of rotatable bonds is 4. The molecule has 5 heteroatoms. The minimum absolute atomic E-state index is 0.0291. The van der Waals surface area contributed by atoms with Crippen molar-refractivity contribution < 1.29 is 4.79 Å². The Morgan fingerprint density at radius 2 is 1.61 bits per heavy atom. The van der Waals surface area contributed by atoms with Gasteiger partial charge in [-0.25, -0.2) is 9.97 Å². The van der Waals surface area contributed by atoms with E-state index in [1.165, 1.54) is 51.4 Å². The average molecular weight is 316 g/mol. The van der Waals surface area contributed by atoms with Crippen molar-refractivity contribution in [2.24, 2.45) is 0 Å². The maximum Gasteiger partial charge on any atom is 0.254 e. The van der Waals surface area contributed by atoms with E-state index < -0.39 is 0 Å². The molecular weight excluding hydrogens is 288 g/mol. The molecule has 23 heavy (non-hydrogen) atoms. The minimum Gasteiger partial charge on any atom is -0.351 e. The van der Waals surface area contributed by atoms with Crippen LogP contribution in [-0.4, -0.2) is 28.0 Å². The highest BCUT2D eigenvalue weighted by Gasteiger charge is 2.19. The summed E-state index contributed by atoms with van der Waals surface area (Å²) in [5, 5.41) is 6.55. The number of hydrogen-bond donors (Lipinski definition) is 2. The zero-order chi connectivity index (χ0) is 16.1. The first-order valence-electron chi connectivity index (χ1n) is 9.13. The van der Waals surface area contributed by atoms with E-state index in [2.05, 4.69) is 20.6 Å². The molecule has 1 aromatic rings. The van der Waals surface area contributed by atoms with Gasteiger partial charge in [-0.2, -0.15) is 0 Å². The lowest BCUT2D eigenvalue weighted by Gasteiger charge is -2.24. The van der Waals surface area contributed by atoms with Gasteiger partial charge < -0.3 is 10.6 Å². The van der Waals surface area contributed by atoms with Crippen molar-refractivity contribution in [1.82, 2.24) is 15.3 Å². The molecule has 0 aromatic carbocycles. The van der Waals surface area contributed by atoms with Crippen molar-refractivity contribution in [3.8, 4) is 0 Å². The van der Waals surface area contributed by atoms with Crippen molar-refractivity contribution in [2.75, 3.05) is 5.32 Å². The van der Waals surface area contributed by atoms with Crippen molar-refractivity contribution in [3.63, 3.8) is 0 Å². The Hall–Kier alpha value is -1.65. The first-order valence-corrected chi connectivity index (χ1v) is 9.13. The van der Waals surface area contributed by atoms with Crippen LogP contribution in [0.1, 0.15) is 80.3 Å². The van der Waals surface area contributed by atoms with Crippen LogP contribution in [0.4, 0.5) is 5.95 Å². The molecule has 2 aliphatic rings.